The van der Waals surface area contributed by atoms with Gasteiger partial charge >= 0.3 is 0 Å². The SMILES string of the molecule is NC1C=C(F)C=NC1=O. The van der Waals surface area contributed by atoms with Crippen LogP contribution in [-0.2, 0) is 4.79 Å². The van der Waals surface area contributed by atoms with Gasteiger partial charge in [-0.15, -0.1) is 0 Å². The molecule has 1 unspecified atom stereocenters. The first kappa shape index (κ1) is 6.10. The molecule has 0 radical (unpaired) electrons. The van der Waals surface area contributed by atoms with Crippen molar-refractivity contribution < 1.29 is 9.18 Å². The van der Waals surface area contributed by atoms with Crippen LogP contribution in [0.5, 0.6) is 0 Å². The summed E-state index contributed by atoms with van der Waals surface area (Å²) in [4.78, 5) is 13.6. The van der Waals surface area contributed by atoms with Crippen molar-refractivity contribution in [2.24, 2.45) is 10.7 Å². The fourth-order valence-electron chi connectivity index (χ4n) is 0.497. The Morgan fingerprint density at radius 3 is 2.89 bits per heavy atom. The number of halogens is 1. The summed E-state index contributed by atoms with van der Waals surface area (Å²) in [6, 6.07) is -0.894. The molecule has 1 rings (SSSR count). The molecule has 0 aliphatic carbocycles. The second-order valence-corrected chi connectivity index (χ2v) is 1.67. The Morgan fingerprint density at radius 1 is 1.78 bits per heavy atom. The Bertz CT molecular complexity index is 197. The third-order valence-corrected chi connectivity index (χ3v) is 0.939. The standard InChI is InChI=1S/C5H5FN2O/c6-3-1-4(7)5(9)8-2-3/h1-2,4H,7H2. The van der Waals surface area contributed by atoms with Crippen LogP contribution < -0.4 is 5.73 Å². The van der Waals surface area contributed by atoms with E-state index in [1.807, 2.05) is 0 Å². The van der Waals surface area contributed by atoms with Crippen molar-refractivity contribution in [2.75, 3.05) is 0 Å². The highest BCUT2D eigenvalue weighted by molar-refractivity contribution is 5.97. The molecule has 1 amide bonds. The maximum Gasteiger partial charge on any atom is 0.266 e. The smallest absolute Gasteiger partial charge is 0.266 e. The Morgan fingerprint density at radius 2 is 2.44 bits per heavy atom. The molecule has 1 aliphatic heterocycles. The van der Waals surface area contributed by atoms with Gasteiger partial charge in [-0.2, -0.15) is 0 Å². The summed E-state index contributed by atoms with van der Waals surface area (Å²) in [7, 11) is 0. The summed E-state index contributed by atoms with van der Waals surface area (Å²) in [5, 5.41) is 0. The second kappa shape index (κ2) is 2.06. The topological polar surface area (TPSA) is 55.4 Å². The van der Waals surface area contributed by atoms with Crippen molar-refractivity contribution in [2.45, 2.75) is 6.04 Å². The zero-order valence-corrected chi connectivity index (χ0v) is 4.54. The van der Waals surface area contributed by atoms with Crippen molar-refractivity contribution in [3.8, 4) is 0 Å². The molecule has 1 heterocycles. The normalized spacial score (nSPS) is 26.2. The molecule has 48 valence electrons. The van der Waals surface area contributed by atoms with Gasteiger partial charge in [-0.1, -0.05) is 0 Å². The molecule has 0 aromatic rings. The Hall–Kier alpha value is -1.03. The zero-order valence-electron chi connectivity index (χ0n) is 4.54. The number of dihydropyridines is 1. The molecule has 0 aromatic heterocycles. The van der Waals surface area contributed by atoms with Crippen LogP contribution in [0, 0.1) is 0 Å². The summed E-state index contributed by atoms with van der Waals surface area (Å²) < 4.78 is 12.1. The molecular formula is C5H5FN2O. The first-order valence-corrected chi connectivity index (χ1v) is 2.41. The van der Waals surface area contributed by atoms with Crippen molar-refractivity contribution in [1.82, 2.24) is 0 Å². The monoisotopic (exact) mass is 128 g/mol. The number of hydrogen-bond acceptors (Lipinski definition) is 2. The highest BCUT2D eigenvalue weighted by Gasteiger charge is 2.13. The van der Waals surface area contributed by atoms with Gasteiger partial charge in [0.2, 0.25) is 0 Å². The number of rotatable bonds is 0. The third kappa shape index (κ3) is 1.20. The molecule has 0 spiro atoms. The molecule has 2 N–H and O–H groups in total. The number of allylic oxidation sites excluding steroid dienone is 1. The first-order chi connectivity index (χ1) is 4.20. The predicted octanol–water partition coefficient (Wildman–Crippen LogP) is -0.222. The molecule has 1 aliphatic rings. The number of carbonyl (C=O) groups is 1. The molecule has 3 nitrogen and oxygen atoms in total. The lowest BCUT2D eigenvalue weighted by atomic mass is 10.2. The van der Waals surface area contributed by atoms with Crippen molar-refractivity contribution >= 4 is 12.1 Å². The van der Waals surface area contributed by atoms with E-state index in [1.165, 1.54) is 0 Å². The van der Waals surface area contributed by atoms with Crippen LogP contribution >= 0.6 is 0 Å². The average Bonchev–Trinajstić information content (AvgIpc) is 1.80. The minimum atomic E-state index is -0.894. The zero-order chi connectivity index (χ0) is 6.85. The summed E-state index contributed by atoms with van der Waals surface area (Å²) in [5.74, 6) is -1.06. The van der Waals surface area contributed by atoms with Crippen LogP contribution in [0.2, 0.25) is 0 Å². The molecule has 0 saturated carbocycles. The highest BCUT2D eigenvalue weighted by atomic mass is 19.1. The fraction of sp³-hybridized carbons (Fsp3) is 0.200. The molecule has 0 saturated heterocycles. The van der Waals surface area contributed by atoms with Crippen LogP contribution in [0.25, 0.3) is 0 Å². The average molecular weight is 128 g/mol. The van der Waals surface area contributed by atoms with Gasteiger partial charge in [0.25, 0.3) is 5.91 Å². The van der Waals surface area contributed by atoms with Gasteiger partial charge in [0.15, 0.2) is 0 Å². The maximum absolute atomic E-state index is 12.1. The van der Waals surface area contributed by atoms with E-state index in [1.54, 1.807) is 0 Å². The largest absolute Gasteiger partial charge is 0.317 e. The van der Waals surface area contributed by atoms with E-state index >= 15 is 0 Å². The van der Waals surface area contributed by atoms with Crippen LogP contribution in [-0.4, -0.2) is 18.2 Å². The van der Waals surface area contributed by atoms with Gasteiger partial charge in [-0.25, -0.2) is 9.38 Å². The van der Waals surface area contributed by atoms with Crippen LogP contribution in [0.3, 0.4) is 0 Å². The number of aliphatic imine (C=N–C) groups is 1. The molecule has 0 bridgehead atoms. The van der Waals surface area contributed by atoms with Crippen molar-refractivity contribution in [1.29, 1.82) is 0 Å². The summed E-state index contributed by atoms with van der Waals surface area (Å²) >= 11 is 0. The number of nitrogens with two attached hydrogens (primary N) is 1. The minimum absolute atomic E-state index is 0.503. The first-order valence-electron chi connectivity index (χ1n) is 2.41. The van der Waals surface area contributed by atoms with E-state index < -0.39 is 17.8 Å². The highest BCUT2D eigenvalue weighted by Crippen LogP contribution is 2.01. The Labute approximate surface area is 51.1 Å². The number of nitrogens with zero attached hydrogens (tertiary/aromatic N) is 1. The quantitative estimate of drug-likeness (QED) is 0.490. The summed E-state index contributed by atoms with van der Waals surface area (Å²) in [5.41, 5.74) is 5.09. The van der Waals surface area contributed by atoms with Crippen molar-refractivity contribution in [3.63, 3.8) is 0 Å². The van der Waals surface area contributed by atoms with Gasteiger partial charge in [0.05, 0.1) is 6.21 Å². The van der Waals surface area contributed by atoms with Gasteiger partial charge < -0.3 is 5.73 Å². The molecular weight excluding hydrogens is 123 g/mol. The van der Waals surface area contributed by atoms with Gasteiger partial charge in [0, 0.05) is 0 Å². The van der Waals surface area contributed by atoms with Gasteiger partial charge in [-0.05, 0) is 6.08 Å². The van der Waals surface area contributed by atoms with E-state index in [9.17, 15) is 9.18 Å². The minimum Gasteiger partial charge on any atom is -0.317 e. The maximum atomic E-state index is 12.1. The number of carbonyl (C=O) groups excluding carboxylic acids is 1. The lowest BCUT2D eigenvalue weighted by molar-refractivity contribution is -0.118. The fourth-order valence-corrected chi connectivity index (χ4v) is 0.497. The third-order valence-electron chi connectivity index (χ3n) is 0.939. The second-order valence-electron chi connectivity index (χ2n) is 1.67. The van der Waals surface area contributed by atoms with Gasteiger partial charge in [0.1, 0.15) is 11.9 Å². The van der Waals surface area contributed by atoms with E-state index in [0.717, 1.165) is 12.3 Å². The summed E-state index contributed by atoms with van der Waals surface area (Å²) in [6.07, 6.45) is 1.88. The molecule has 0 fully saturated rings. The molecule has 9 heavy (non-hydrogen) atoms. The van der Waals surface area contributed by atoms with E-state index in [4.69, 9.17) is 5.73 Å². The number of hydrogen-bond donors (Lipinski definition) is 1. The van der Waals surface area contributed by atoms with E-state index in [2.05, 4.69) is 4.99 Å². The van der Waals surface area contributed by atoms with Crippen LogP contribution in [0.15, 0.2) is 16.9 Å². The molecule has 4 heteroatoms. The number of amides is 1. The lowest BCUT2D eigenvalue weighted by Gasteiger charge is -2.03. The van der Waals surface area contributed by atoms with E-state index in [-0.39, 0.29) is 0 Å². The summed E-state index contributed by atoms with van der Waals surface area (Å²) in [6.45, 7) is 0. The Kier molecular flexibility index (Phi) is 1.40. The molecule has 1 atom stereocenters. The van der Waals surface area contributed by atoms with E-state index in [0.29, 0.717) is 0 Å². The van der Waals surface area contributed by atoms with Gasteiger partial charge in [-0.3, -0.25) is 4.79 Å². The predicted molar refractivity (Wildman–Crippen MR) is 30.7 cm³/mol. The Balaban J connectivity index is 2.82. The van der Waals surface area contributed by atoms with Crippen LogP contribution in [0.4, 0.5) is 4.39 Å². The molecule has 0 aromatic carbocycles. The lowest BCUT2D eigenvalue weighted by Crippen LogP contribution is -2.29. The van der Waals surface area contributed by atoms with Crippen molar-refractivity contribution in [3.05, 3.63) is 11.9 Å². The van der Waals surface area contributed by atoms with Crippen LogP contribution in [0.1, 0.15) is 0 Å².